The number of carbonyl (C=O) groups excluding carboxylic acids is 2. The molecule has 0 spiro atoms. The number of benzene rings is 3. The van der Waals surface area contributed by atoms with Gasteiger partial charge in [0.25, 0.3) is 11.8 Å². The molecule has 0 aliphatic carbocycles. The van der Waals surface area contributed by atoms with E-state index in [1.165, 1.54) is 11.3 Å². The number of halogens is 3. The predicted octanol–water partition coefficient (Wildman–Crippen LogP) is 7.38. The normalized spacial score (nSPS) is 13.8. The number of aryl methyl sites for hydroxylation is 1. The number of hydrogen-bond acceptors (Lipinski definition) is 4. The van der Waals surface area contributed by atoms with Gasteiger partial charge in [0.1, 0.15) is 4.88 Å². The Kier molecular flexibility index (Phi) is 7.13. The molecule has 184 valence electrons. The van der Waals surface area contributed by atoms with E-state index in [-0.39, 0.29) is 11.8 Å². The standard InChI is InChI=1S/C27H22Cl3N3O2S/c1-16-4-2-3-5-19(16)27(35)33-12-10-32(11-13-33)22-9-7-18(15-21(22)29)31-26(34)25-24(30)20-8-6-17(28)14-23(20)36-25/h2-9,14-15H,10-13H2,1H3,(H,31,34). The number of nitrogens with one attached hydrogen (secondary N) is 1. The highest BCUT2D eigenvalue weighted by atomic mass is 35.5. The molecule has 5 nitrogen and oxygen atoms in total. The lowest BCUT2D eigenvalue weighted by Gasteiger charge is -2.36. The van der Waals surface area contributed by atoms with Crippen LogP contribution in [0.5, 0.6) is 0 Å². The Morgan fingerprint density at radius 2 is 1.67 bits per heavy atom. The van der Waals surface area contributed by atoms with Crippen LogP contribution >= 0.6 is 46.1 Å². The Morgan fingerprint density at radius 3 is 2.39 bits per heavy atom. The molecular formula is C27H22Cl3N3O2S. The molecule has 0 radical (unpaired) electrons. The van der Waals surface area contributed by atoms with Crippen LogP contribution in [0.15, 0.2) is 60.7 Å². The Bertz CT molecular complexity index is 1480. The third kappa shape index (κ3) is 4.91. The molecule has 0 bridgehead atoms. The van der Waals surface area contributed by atoms with Crippen molar-refractivity contribution >= 4 is 79.4 Å². The van der Waals surface area contributed by atoms with Crippen molar-refractivity contribution in [1.29, 1.82) is 0 Å². The van der Waals surface area contributed by atoms with Gasteiger partial charge in [-0.3, -0.25) is 9.59 Å². The summed E-state index contributed by atoms with van der Waals surface area (Å²) in [4.78, 5) is 30.3. The van der Waals surface area contributed by atoms with E-state index in [0.29, 0.717) is 51.8 Å². The fourth-order valence-electron chi connectivity index (χ4n) is 4.35. The Hall–Kier alpha value is -2.77. The second-order valence-corrected chi connectivity index (χ2v) is 10.9. The van der Waals surface area contributed by atoms with Gasteiger partial charge in [-0.25, -0.2) is 0 Å². The van der Waals surface area contributed by atoms with Crippen molar-refractivity contribution in [2.24, 2.45) is 0 Å². The van der Waals surface area contributed by atoms with Crippen molar-refractivity contribution in [1.82, 2.24) is 4.90 Å². The number of fused-ring (bicyclic) bond motifs is 1. The van der Waals surface area contributed by atoms with Gasteiger partial charge in [0, 0.05) is 52.5 Å². The van der Waals surface area contributed by atoms with E-state index >= 15 is 0 Å². The summed E-state index contributed by atoms with van der Waals surface area (Å²) in [5.74, 6) is -0.247. The molecule has 1 aliphatic rings. The van der Waals surface area contributed by atoms with Gasteiger partial charge in [-0.15, -0.1) is 11.3 Å². The molecule has 1 N–H and O–H groups in total. The highest BCUT2D eigenvalue weighted by Crippen LogP contribution is 2.37. The lowest BCUT2D eigenvalue weighted by atomic mass is 10.1. The zero-order valence-corrected chi connectivity index (χ0v) is 22.4. The van der Waals surface area contributed by atoms with Crippen LogP contribution in [-0.2, 0) is 0 Å². The molecule has 2 amide bonds. The fourth-order valence-corrected chi connectivity index (χ4v) is 6.34. The molecule has 0 unspecified atom stereocenters. The summed E-state index contributed by atoms with van der Waals surface area (Å²) in [6.07, 6.45) is 0. The lowest BCUT2D eigenvalue weighted by molar-refractivity contribution is 0.0746. The number of anilines is 2. The first-order valence-corrected chi connectivity index (χ1v) is 13.3. The summed E-state index contributed by atoms with van der Waals surface area (Å²) in [5.41, 5.74) is 3.16. The van der Waals surface area contributed by atoms with E-state index in [9.17, 15) is 9.59 Å². The number of thiophene rings is 1. The number of rotatable bonds is 4. The monoisotopic (exact) mass is 557 g/mol. The summed E-state index contributed by atoms with van der Waals surface area (Å²) in [7, 11) is 0. The van der Waals surface area contributed by atoms with E-state index < -0.39 is 0 Å². The summed E-state index contributed by atoms with van der Waals surface area (Å²) in [5, 5.41) is 5.21. The first kappa shape index (κ1) is 24.9. The lowest BCUT2D eigenvalue weighted by Crippen LogP contribution is -2.49. The van der Waals surface area contributed by atoms with Crippen molar-refractivity contribution in [2.75, 3.05) is 36.4 Å². The van der Waals surface area contributed by atoms with Crippen molar-refractivity contribution < 1.29 is 9.59 Å². The zero-order valence-electron chi connectivity index (χ0n) is 19.4. The molecule has 1 fully saturated rings. The van der Waals surface area contributed by atoms with E-state index in [2.05, 4.69) is 10.2 Å². The van der Waals surface area contributed by atoms with Crippen LogP contribution in [-0.4, -0.2) is 42.9 Å². The molecule has 1 aromatic heterocycles. The van der Waals surface area contributed by atoms with Crippen LogP contribution in [0, 0.1) is 6.92 Å². The van der Waals surface area contributed by atoms with Crippen molar-refractivity contribution in [3.05, 3.63) is 91.7 Å². The largest absolute Gasteiger partial charge is 0.367 e. The Morgan fingerprint density at radius 1 is 0.917 bits per heavy atom. The average molecular weight is 559 g/mol. The van der Waals surface area contributed by atoms with Gasteiger partial charge in [-0.1, -0.05) is 59.1 Å². The maximum atomic E-state index is 12.9. The molecule has 1 aliphatic heterocycles. The van der Waals surface area contributed by atoms with Crippen LogP contribution < -0.4 is 10.2 Å². The Balaban J connectivity index is 1.25. The van der Waals surface area contributed by atoms with Gasteiger partial charge in [0.15, 0.2) is 0 Å². The summed E-state index contributed by atoms with van der Waals surface area (Å²) < 4.78 is 0.853. The number of amides is 2. The second-order valence-electron chi connectivity index (χ2n) is 8.60. The van der Waals surface area contributed by atoms with Crippen LogP contribution in [0.3, 0.4) is 0 Å². The fraction of sp³-hybridized carbons (Fsp3) is 0.185. The van der Waals surface area contributed by atoms with E-state index in [1.54, 1.807) is 18.2 Å². The summed E-state index contributed by atoms with van der Waals surface area (Å²) >= 11 is 20.4. The SMILES string of the molecule is Cc1ccccc1C(=O)N1CCN(c2ccc(NC(=O)c3sc4cc(Cl)ccc4c3Cl)cc2Cl)CC1. The number of piperazine rings is 1. The van der Waals surface area contributed by atoms with Crippen molar-refractivity contribution in [3.63, 3.8) is 0 Å². The van der Waals surface area contributed by atoms with Crippen LogP contribution in [0.25, 0.3) is 10.1 Å². The topological polar surface area (TPSA) is 52.7 Å². The van der Waals surface area contributed by atoms with Crippen molar-refractivity contribution in [3.8, 4) is 0 Å². The molecule has 1 saturated heterocycles. The van der Waals surface area contributed by atoms with Gasteiger partial charge < -0.3 is 15.1 Å². The maximum Gasteiger partial charge on any atom is 0.267 e. The molecular weight excluding hydrogens is 537 g/mol. The average Bonchev–Trinajstić information content (AvgIpc) is 3.19. The zero-order chi connectivity index (χ0) is 25.4. The molecule has 4 aromatic rings. The third-order valence-electron chi connectivity index (χ3n) is 6.29. The van der Waals surface area contributed by atoms with Crippen LogP contribution in [0.1, 0.15) is 25.6 Å². The van der Waals surface area contributed by atoms with E-state index in [4.69, 9.17) is 34.8 Å². The van der Waals surface area contributed by atoms with Gasteiger partial charge >= 0.3 is 0 Å². The van der Waals surface area contributed by atoms with Gasteiger partial charge in [0.2, 0.25) is 0 Å². The van der Waals surface area contributed by atoms with Crippen molar-refractivity contribution in [2.45, 2.75) is 6.92 Å². The first-order valence-electron chi connectivity index (χ1n) is 11.4. The highest BCUT2D eigenvalue weighted by Gasteiger charge is 2.24. The van der Waals surface area contributed by atoms with Gasteiger partial charge in [-0.2, -0.15) is 0 Å². The Labute approximate surface area is 228 Å². The quantitative estimate of drug-likeness (QED) is 0.284. The van der Waals surface area contributed by atoms with Gasteiger partial charge in [0.05, 0.1) is 15.7 Å². The molecule has 0 saturated carbocycles. The summed E-state index contributed by atoms with van der Waals surface area (Å²) in [6, 6.07) is 18.5. The molecule has 2 heterocycles. The smallest absolute Gasteiger partial charge is 0.267 e. The minimum Gasteiger partial charge on any atom is -0.367 e. The number of hydrogen-bond donors (Lipinski definition) is 1. The van der Waals surface area contributed by atoms with Crippen LogP contribution in [0.4, 0.5) is 11.4 Å². The van der Waals surface area contributed by atoms with Crippen LogP contribution in [0.2, 0.25) is 15.1 Å². The summed E-state index contributed by atoms with van der Waals surface area (Å²) in [6.45, 7) is 4.51. The minimum atomic E-state index is -0.301. The van der Waals surface area contributed by atoms with Gasteiger partial charge in [-0.05, 0) is 48.9 Å². The minimum absolute atomic E-state index is 0.0547. The first-order chi connectivity index (χ1) is 17.3. The molecule has 0 atom stereocenters. The molecule has 9 heteroatoms. The highest BCUT2D eigenvalue weighted by molar-refractivity contribution is 7.21. The number of nitrogens with zero attached hydrogens (tertiary/aromatic N) is 2. The predicted molar refractivity (Wildman–Crippen MR) is 151 cm³/mol. The van der Waals surface area contributed by atoms with E-state index in [0.717, 1.165) is 26.9 Å². The molecule has 5 rings (SSSR count). The third-order valence-corrected chi connectivity index (χ3v) is 8.48. The van der Waals surface area contributed by atoms with E-state index in [1.807, 2.05) is 54.3 Å². The molecule has 3 aromatic carbocycles. The molecule has 36 heavy (non-hydrogen) atoms. The second kappa shape index (κ2) is 10.3. The number of carbonyl (C=O) groups is 2. The maximum absolute atomic E-state index is 12.9.